The van der Waals surface area contributed by atoms with Crippen molar-refractivity contribution in [3.05, 3.63) is 59.9 Å². The lowest BCUT2D eigenvalue weighted by atomic mass is 10.1. The molecule has 2 heterocycles. The number of rotatable bonds is 4. The van der Waals surface area contributed by atoms with Gasteiger partial charge in [-0.1, -0.05) is 18.2 Å². The summed E-state index contributed by atoms with van der Waals surface area (Å²) in [5, 5.41) is 0. The van der Waals surface area contributed by atoms with E-state index in [4.69, 9.17) is 0 Å². The molecule has 1 amide bonds. The van der Waals surface area contributed by atoms with Crippen molar-refractivity contribution in [3.8, 4) is 0 Å². The number of benzene rings is 2. The van der Waals surface area contributed by atoms with Gasteiger partial charge in [0.2, 0.25) is 15.9 Å². The minimum Gasteiger partial charge on any atom is -0.310 e. The topological polar surface area (TPSA) is 60.9 Å². The van der Waals surface area contributed by atoms with E-state index in [1.165, 1.54) is 22.0 Å². The van der Waals surface area contributed by atoms with E-state index in [1.54, 1.807) is 0 Å². The highest BCUT2D eigenvalue weighted by Crippen LogP contribution is 2.29. The molecule has 29 heavy (non-hydrogen) atoms. The predicted molar refractivity (Wildman–Crippen MR) is 109 cm³/mol. The van der Waals surface area contributed by atoms with Crippen LogP contribution in [0, 0.1) is 5.82 Å². The van der Waals surface area contributed by atoms with Crippen LogP contribution in [0.25, 0.3) is 0 Å². The van der Waals surface area contributed by atoms with Gasteiger partial charge in [0.15, 0.2) is 0 Å². The third-order valence-electron chi connectivity index (χ3n) is 5.78. The van der Waals surface area contributed by atoms with Gasteiger partial charge in [-0.3, -0.25) is 9.69 Å². The van der Waals surface area contributed by atoms with Gasteiger partial charge in [-0.15, -0.1) is 0 Å². The summed E-state index contributed by atoms with van der Waals surface area (Å²) in [4.78, 5) is 17.0. The third-order valence-corrected chi connectivity index (χ3v) is 7.70. The number of hydrogen-bond donors (Lipinski definition) is 0. The molecule has 1 atom stereocenters. The van der Waals surface area contributed by atoms with Crippen molar-refractivity contribution in [2.75, 3.05) is 37.6 Å². The molecule has 0 radical (unpaired) electrons. The van der Waals surface area contributed by atoms with Crippen molar-refractivity contribution in [2.24, 2.45) is 0 Å². The number of piperazine rings is 1. The fraction of sp³-hybridized carbons (Fsp3) is 0.381. The summed E-state index contributed by atoms with van der Waals surface area (Å²) in [6.07, 6.45) is 0.859. The lowest BCUT2D eigenvalue weighted by Gasteiger charge is -2.38. The lowest BCUT2D eigenvalue weighted by Crippen LogP contribution is -2.55. The van der Waals surface area contributed by atoms with E-state index in [2.05, 4.69) is 0 Å². The molecule has 2 aliphatic rings. The number of fused-ring (bicyclic) bond motifs is 1. The predicted octanol–water partition coefficient (Wildman–Crippen LogP) is 2.11. The number of anilines is 1. The molecule has 0 saturated carbocycles. The van der Waals surface area contributed by atoms with E-state index in [0.29, 0.717) is 32.7 Å². The number of amides is 1. The Morgan fingerprint density at radius 1 is 0.966 bits per heavy atom. The molecule has 2 aromatic carbocycles. The van der Waals surface area contributed by atoms with Gasteiger partial charge in [-0.25, -0.2) is 12.8 Å². The minimum atomic E-state index is -3.66. The molecule has 0 bridgehead atoms. The molecule has 2 aliphatic heterocycles. The number of halogens is 1. The standard InChI is InChI=1S/C21H24FN3O3S/c1-16(21(26)25-11-10-17-4-2-3-5-20(17)25)23-12-14-24(15-13-23)29(27,28)19-8-6-18(22)7-9-19/h2-9,16H,10-15H2,1H3/t16-/m0/s1. The molecule has 0 N–H and O–H groups in total. The van der Waals surface area contributed by atoms with Crippen LogP contribution in [0.4, 0.5) is 10.1 Å². The Bertz CT molecular complexity index is 1000. The average Bonchev–Trinajstić information content (AvgIpc) is 3.17. The first-order valence-electron chi connectivity index (χ1n) is 9.77. The molecule has 0 unspecified atom stereocenters. The van der Waals surface area contributed by atoms with Crippen LogP contribution >= 0.6 is 0 Å². The van der Waals surface area contributed by atoms with Crippen LogP contribution in [0.15, 0.2) is 53.4 Å². The number of hydrogen-bond acceptors (Lipinski definition) is 4. The van der Waals surface area contributed by atoms with Crippen molar-refractivity contribution in [1.82, 2.24) is 9.21 Å². The maximum absolute atomic E-state index is 13.1. The van der Waals surface area contributed by atoms with Crippen LogP contribution in [-0.4, -0.2) is 62.3 Å². The van der Waals surface area contributed by atoms with Crippen molar-refractivity contribution in [2.45, 2.75) is 24.3 Å². The van der Waals surface area contributed by atoms with Gasteiger partial charge < -0.3 is 4.90 Å². The van der Waals surface area contributed by atoms with Crippen LogP contribution < -0.4 is 4.90 Å². The van der Waals surface area contributed by atoms with Gasteiger partial charge in [0.1, 0.15) is 5.82 Å². The molecule has 1 saturated heterocycles. The van der Waals surface area contributed by atoms with E-state index in [1.807, 2.05) is 41.0 Å². The quantitative estimate of drug-likeness (QED) is 0.765. The molecule has 6 nitrogen and oxygen atoms in total. The van der Waals surface area contributed by atoms with Gasteiger partial charge in [0.05, 0.1) is 10.9 Å². The molecule has 0 spiro atoms. The smallest absolute Gasteiger partial charge is 0.244 e. The molecule has 154 valence electrons. The van der Waals surface area contributed by atoms with Gasteiger partial charge >= 0.3 is 0 Å². The highest BCUT2D eigenvalue weighted by Gasteiger charge is 2.35. The number of carbonyl (C=O) groups excluding carboxylic acids is 1. The molecule has 2 aromatic rings. The van der Waals surface area contributed by atoms with Gasteiger partial charge in [0, 0.05) is 38.4 Å². The molecular weight excluding hydrogens is 393 g/mol. The molecule has 8 heteroatoms. The van der Waals surface area contributed by atoms with Crippen LogP contribution in [-0.2, 0) is 21.2 Å². The first-order chi connectivity index (χ1) is 13.9. The monoisotopic (exact) mass is 417 g/mol. The zero-order valence-electron chi connectivity index (χ0n) is 16.3. The van der Waals surface area contributed by atoms with Crippen molar-refractivity contribution < 1.29 is 17.6 Å². The zero-order valence-corrected chi connectivity index (χ0v) is 17.1. The van der Waals surface area contributed by atoms with Crippen LogP contribution in [0.5, 0.6) is 0 Å². The van der Waals surface area contributed by atoms with Gasteiger partial charge in [-0.2, -0.15) is 4.31 Å². The van der Waals surface area contributed by atoms with Crippen LogP contribution in [0.1, 0.15) is 12.5 Å². The maximum atomic E-state index is 13.1. The molecule has 0 aromatic heterocycles. The Morgan fingerprint density at radius 3 is 2.31 bits per heavy atom. The van der Waals surface area contributed by atoms with E-state index >= 15 is 0 Å². The number of carbonyl (C=O) groups is 1. The fourth-order valence-corrected chi connectivity index (χ4v) is 5.46. The summed E-state index contributed by atoms with van der Waals surface area (Å²) < 4.78 is 40.0. The Balaban J connectivity index is 1.40. The second kappa shape index (κ2) is 7.85. The minimum absolute atomic E-state index is 0.0461. The fourth-order valence-electron chi connectivity index (χ4n) is 4.04. The van der Waals surface area contributed by atoms with E-state index in [0.717, 1.165) is 24.2 Å². The van der Waals surface area contributed by atoms with Crippen molar-refractivity contribution in [1.29, 1.82) is 0 Å². The highest BCUT2D eigenvalue weighted by atomic mass is 32.2. The summed E-state index contributed by atoms with van der Waals surface area (Å²) in [5.41, 5.74) is 2.16. The van der Waals surface area contributed by atoms with Gasteiger partial charge in [-0.05, 0) is 49.2 Å². The van der Waals surface area contributed by atoms with Crippen LogP contribution in [0.3, 0.4) is 0 Å². The van der Waals surface area contributed by atoms with E-state index < -0.39 is 15.8 Å². The second-order valence-electron chi connectivity index (χ2n) is 7.44. The number of nitrogens with zero attached hydrogens (tertiary/aromatic N) is 3. The number of sulfonamides is 1. The first kappa shape index (κ1) is 20.0. The Labute approximate surface area is 170 Å². The summed E-state index contributed by atoms with van der Waals surface area (Å²) in [6, 6.07) is 12.5. The maximum Gasteiger partial charge on any atom is 0.244 e. The summed E-state index contributed by atoms with van der Waals surface area (Å²) in [7, 11) is -3.66. The van der Waals surface area contributed by atoms with Crippen LogP contribution in [0.2, 0.25) is 0 Å². The lowest BCUT2D eigenvalue weighted by molar-refractivity contribution is -0.123. The van der Waals surface area contributed by atoms with Crippen molar-refractivity contribution in [3.63, 3.8) is 0 Å². The van der Waals surface area contributed by atoms with Crippen molar-refractivity contribution >= 4 is 21.6 Å². The Hall–Kier alpha value is -2.29. The third kappa shape index (κ3) is 3.80. The average molecular weight is 418 g/mol. The summed E-state index contributed by atoms with van der Waals surface area (Å²) >= 11 is 0. The molecule has 1 fully saturated rings. The van der Waals surface area contributed by atoms with Gasteiger partial charge in [0.25, 0.3) is 0 Å². The largest absolute Gasteiger partial charge is 0.310 e. The first-order valence-corrected chi connectivity index (χ1v) is 11.2. The summed E-state index contributed by atoms with van der Waals surface area (Å²) in [6.45, 7) is 4.11. The Morgan fingerprint density at radius 2 is 1.62 bits per heavy atom. The number of para-hydroxylation sites is 1. The summed E-state index contributed by atoms with van der Waals surface area (Å²) in [5.74, 6) is -0.422. The Kier molecular flexibility index (Phi) is 5.42. The molecule has 0 aliphatic carbocycles. The second-order valence-corrected chi connectivity index (χ2v) is 9.38. The molecular formula is C21H24FN3O3S. The van der Waals surface area contributed by atoms with E-state index in [-0.39, 0.29) is 16.8 Å². The molecule has 4 rings (SSSR count). The highest BCUT2D eigenvalue weighted by molar-refractivity contribution is 7.89. The zero-order chi connectivity index (χ0) is 20.6. The normalized spacial score (nSPS) is 19.2. The van der Waals surface area contributed by atoms with E-state index in [9.17, 15) is 17.6 Å². The SMILES string of the molecule is C[C@@H](C(=O)N1CCc2ccccc21)N1CCN(S(=O)(=O)c2ccc(F)cc2)CC1.